The number of carboxylic acid groups (broad SMARTS) is 1. The monoisotopic (exact) mass is 283 g/mol. The van der Waals surface area contributed by atoms with Gasteiger partial charge in [0.25, 0.3) is 0 Å². The first-order valence-corrected chi connectivity index (χ1v) is 7.53. The Morgan fingerprint density at radius 1 is 1.25 bits per heavy atom. The van der Waals surface area contributed by atoms with Gasteiger partial charge in [0.15, 0.2) is 0 Å². The molecule has 2 amide bonds. The lowest BCUT2D eigenvalue weighted by molar-refractivity contribution is -0.148. The summed E-state index contributed by atoms with van der Waals surface area (Å²) in [4.78, 5) is 23.1. The van der Waals surface area contributed by atoms with Gasteiger partial charge >= 0.3 is 12.0 Å². The first kappa shape index (κ1) is 15.1. The molecular weight excluding hydrogens is 258 g/mol. The number of aliphatic carboxylic acids is 1. The molecular formula is C14H25N3O3. The predicted octanol–water partition coefficient (Wildman–Crippen LogP) is 1.07. The van der Waals surface area contributed by atoms with E-state index in [1.54, 1.807) is 6.92 Å². The molecule has 0 radical (unpaired) electrons. The zero-order chi connectivity index (χ0) is 14.6. The highest BCUT2D eigenvalue weighted by Gasteiger charge is 2.45. The molecule has 2 saturated carbocycles. The maximum atomic E-state index is 11.8. The Morgan fingerprint density at radius 2 is 2.00 bits per heavy atom. The molecule has 4 N–H and O–H groups in total. The minimum absolute atomic E-state index is 0.254. The molecule has 2 aliphatic carbocycles. The van der Waals surface area contributed by atoms with E-state index in [0.717, 1.165) is 25.8 Å². The molecule has 0 bridgehead atoms. The van der Waals surface area contributed by atoms with E-state index in [0.29, 0.717) is 19.0 Å². The van der Waals surface area contributed by atoms with E-state index in [1.807, 2.05) is 0 Å². The van der Waals surface area contributed by atoms with Crippen molar-refractivity contribution in [2.24, 2.45) is 5.41 Å². The lowest BCUT2D eigenvalue weighted by atomic mass is 9.85. The zero-order valence-corrected chi connectivity index (χ0v) is 12.1. The number of nitrogens with one attached hydrogen (secondary N) is 3. The van der Waals surface area contributed by atoms with Gasteiger partial charge in [-0.25, -0.2) is 4.79 Å². The summed E-state index contributed by atoms with van der Waals surface area (Å²) in [6.07, 6.45) is 5.63. The number of carbonyl (C=O) groups is 2. The van der Waals surface area contributed by atoms with Gasteiger partial charge in [0.05, 0.1) is 5.41 Å². The number of urea groups is 1. The van der Waals surface area contributed by atoms with E-state index in [-0.39, 0.29) is 12.1 Å². The van der Waals surface area contributed by atoms with Crippen LogP contribution in [0.2, 0.25) is 0 Å². The SMILES string of the molecule is CC1(C(=O)O)CCCC1NC(=O)NCCCNC1CC1. The minimum atomic E-state index is -0.829. The van der Waals surface area contributed by atoms with Crippen LogP contribution >= 0.6 is 0 Å². The molecule has 20 heavy (non-hydrogen) atoms. The van der Waals surface area contributed by atoms with Crippen LogP contribution < -0.4 is 16.0 Å². The highest BCUT2D eigenvalue weighted by Crippen LogP contribution is 2.38. The van der Waals surface area contributed by atoms with Crippen molar-refractivity contribution in [2.45, 2.75) is 57.5 Å². The summed E-state index contributed by atoms with van der Waals surface area (Å²) in [5.41, 5.74) is -0.829. The van der Waals surface area contributed by atoms with Gasteiger partial charge in [-0.1, -0.05) is 6.42 Å². The largest absolute Gasteiger partial charge is 0.481 e. The zero-order valence-electron chi connectivity index (χ0n) is 12.1. The van der Waals surface area contributed by atoms with Crippen LogP contribution in [0.15, 0.2) is 0 Å². The molecule has 2 unspecified atom stereocenters. The Bertz CT molecular complexity index is 371. The van der Waals surface area contributed by atoms with E-state index < -0.39 is 11.4 Å². The van der Waals surface area contributed by atoms with E-state index in [9.17, 15) is 14.7 Å². The van der Waals surface area contributed by atoms with Crippen LogP contribution in [0.3, 0.4) is 0 Å². The molecule has 2 fully saturated rings. The molecule has 0 aromatic rings. The average molecular weight is 283 g/mol. The number of hydrogen-bond donors (Lipinski definition) is 4. The van der Waals surface area contributed by atoms with Gasteiger partial charge in [-0.05, 0) is 45.6 Å². The second kappa shape index (κ2) is 6.43. The molecule has 0 saturated heterocycles. The van der Waals surface area contributed by atoms with Crippen molar-refractivity contribution in [1.82, 2.24) is 16.0 Å². The Labute approximate surface area is 119 Å². The molecule has 0 aliphatic heterocycles. The van der Waals surface area contributed by atoms with Gasteiger partial charge < -0.3 is 21.1 Å². The molecule has 0 spiro atoms. The van der Waals surface area contributed by atoms with Crippen molar-refractivity contribution in [3.63, 3.8) is 0 Å². The molecule has 114 valence electrons. The maximum absolute atomic E-state index is 11.8. The van der Waals surface area contributed by atoms with Crippen molar-refractivity contribution in [1.29, 1.82) is 0 Å². The topological polar surface area (TPSA) is 90.5 Å². The number of rotatable bonds is 7. The third-order valence-electron chi connectivity index (χ3n) is 4.40. The number of carboxylic acids is 1. The van der Waals surface area contributed by atoms with Gasteiger partial charge in [0.1, 0.15) is 0 Å². The van der Waals surface area contributed by atoms with Crippen LogP contribution in [-0.4, -0.2) is 42.3 Å². The number of hydrogen-bond acceptors (Lipinski definition) is 3. The van der Waals surface area contributed by atoms with Gasteiger partial charge in [0, 0.05) is 18.6 Å². The second-order valence-corrected chi connectivity index (χ2v) is 6.15. The third-order valence-corrected chi connectivity index (χ3v) is 4.40. The summed E-state index contributed by atoms with van der Waals surface area (Å²) in [6, 6.07) is 0.166. The fraction of sp³-hybridized carbons (Fsp3) is 0.857. The van der Waals surface area contributed by atoms with Crippen molar-refractivity contribution < 1.29 is 14.7 Å². The quantitative estimate of drug-likeness (QED) is 0.526. The highest BCUT2D eigenvalue weighted by atomic mass is 16.4. The van der Waals surface area contributed by atoms with Gasteiger partial charge in [-0.2, -0.15) is 0 Å². The molecule has 0 aromatic heterocycles. The van der Waals surface area contributed by atoms with E-state index in [4.69, 9.17) is 0 Å². The molecule has 2 aliphatic rings. The normalized spacial score (nSPS) is 29.1. The standard InChI is InChI=1S/C14H25N3O3/c1-14(12(18)19)7-2-4-11(14)17-13(20)16-9-3-8-15-10-5-6-10/h10-11,15H,2-9H2,1H3,(H,18,19)(H2,16,17,20). The molecule has 2 rings (SSSR count). The molecule has 2 atom stereocenters. The fourth-order valence-electron chi connectivity index (χ4n) is 2.75. The van der Waals surface area contributed by atoms with Crippen LogP contribution in [0.1, 0.15) is 45.4 Å². The minimum Gasteiger partial charge on any atom is -0.481 e. The second-order valence-electron chi connectivity index (χ2n) is 6.15. The first-order valence-electron chi connectivity index (χ1n) is 7.53. The first-order chi connectivity index (χ1) is 9.52. The summed E-state index contributed by atoms with van der Waals surface area (Å²) in [5, 5.41) is 18.3. The van der Waals surface area contributed by atoms with Crippen molar-refractivity contribution in [2.75, 3.05) is 13.1 Å². The fourth-order valence-corrected chi connectivity index (χ4v) is 2.75. The van der Waals surface area contributed by atoms with Crippen LogP contribution in [0.25, 0.3) is 0 Å². The Morgan fingerprint density at radius 3 is 2.65 bits per heavy atom. The van der Waals surface area contributed by atoms with E-state index in [2.05, 4.69) is 16.0 Å². The van der Waals surface area contributed by atoms with Crippen LogP contribution in [0, 0.1) is 5.41 Å². The summed E-state index contributed by atoms with van der Waals surface area (Å²) in [7, 11) is 0. The molecule has 6 nitrogen and oxygen atoms in total. The van der Waals surface area contributed by atoms with Crippen LogP contribution in [0.5, 0.6) is 0 Å². The van der Waals surface area contributed by atoms with Crippen molar-refractivity contribution in [3.8, 4) is 0 Å². The van der Waals surface area contributed by atoms with E-state index >= 15 is 0 Å². The lowest BCUT2D eigenvalue weighted by Gasteiger charge is -2.27. The molecule has 0 aromatic carbocycles. The Kier molecular flexibility index (Phi) is 4.86. The summed E-state index contributed by atoms with van der Waals surface area (Å²) >= 11 is 0. The lowest BCUT2D eigenvalue weighted by Crippen LogP contribution is -2.50. The Balaban J connectivity index is 1.64. The predicted molar refractivity (Wildman–Crippen MR) is 75.6 cm³/mol. The van der Waals surface area contributed by atoms with Gasteiger partial charge in [-0.3, -0.25) is 4.79 Å². The Hall–Kier alpha value is -1.30. The maximum Gasteiger partial charge on any atom is 0.315 e. The smallest absolute Gasteiger partial charge is 0.315 e. The van der Waals surface area contributed by atoms with Crippen LogP contribution in [0.4, 0.5) is 4.79 Å². The third kappa shape index (κ3) is 3.85. The summed E-state index contributed by atoms with van der Waals surface area (Å²) in [6.45, 7) is 3.25. The summed E-state index contributed by atoms with van der Waals surface area (Å²) in [5.74, 6) is -0.825. The number of carbonyl (C=O) groups excluding carboxylic acids is 1. The van der Waals surface area contributed by atoms with Crippen LogP contribution in [-0.2, 0) is 4.79 Å². The van der Waals surface area contributed by atoms with Crippen molar-refractivity contribution in [3.05, 3.63) is 0 Å². The van der Waals surface area contributed by atoms with Gasteiger partial charge in [0.2, 0.25) is 0 Å². The van der Waals surface area contributed by atoms with Crippen molar-refractivity contribution >= 4 is 12.0 Å². The average Bonchev–Trinajstić information content (AvgIpc) is 3.14. The highest BCUT2D eigenvalue weighted by molar-refractivity contribution is 5.79. The molecule has 0 heterocycles. The number of amides is 2. The van der Waals surface area contributed by atoms with Gasteiger partial charge in [-0.15, -0.1) is 0 Å². The van der Waals surface area contributed by atoms with E-state index in [1.165, 1.54) is 12.8 Å². The summed E-state index contributed by atoms with van der Waals surface area (Å²) < 4.78 is 0. The molecule has 6 heteroatoms.